The van der Waals surface area contributed by atoms with E-state index in [1.807, 2.05) is 0 Å². The van der Waals surface area contributed by atoms with Gasteiger partial charge in [0.25, 0.3) is 5.91 Å². The number of nitrogens with one attached hydrogen (secondary N) is 2. The third-order valence-electron chi connectivity index (χ3n) is 3.06. The van der Waals surface area contributed by atoms with E-state index in [9.17, 15) is 4.79 Å². The number of carbonyl (C=O) groups excluding carboxylic acids is 1. The highest BCUT2D eigenvalue weighted by Gasteiger charge is 2.13. The van der Waals surface area contributed by atoms with Gasteiger partial charge >= 0.3 is 0 Å². The van der Waals surface area contributed by atoms with Crippen molar-refractivity contribution < 1.29 is 9.53 Å². The van der Waals surface area contributed by atoms with E-state index in [0.29, 0.717) is 22.0 Å². The van der Waals surface area contributed by atoms with E-state index in [1.54, 1.807) is 50.8 Å². The van der Waals surface area contributed by atoms with E-state index in [-0.39, 0.29) is 12.5 Å². The Morgan fingerprint density at radius 2 is 2.19 bits per heavy atom. The summed E-state index contributed by atoms with van der Waals surface area (Å²) >= 11 is 6.14. The average Bonchev–Trinajstić information content (AvgIpc) is 2.53. The molecule has 0 saturated carbocycles. The molecule has 6 heteroatoms. The molecule has 1 aromatic carbocycles. The van der Waals surface area contributed by atoms with Gasteiger partial charge in [-0.1, -0.05) is 17.7 Å². The van der Waals surface area contributed by atoms with E-state index in [4.69, 9.17) is 16.3 Å². The predicted molar refractivity (Wildman–Crippen MR) is 83.0 cm³/mol. The third kappa shape index (κ3) is 3.44. The minimum Gasteiger partial charge on any atom is -0.496 e. The Morgan fingerprint density at radius 1 is 1.38 bits per heavy atom. The zero-order chi connectivity index (χ0) is 15.2. The molecule has 0 aliphatic rings. The van der Waals surface area contributed by atoms with Gasteiger partial charge in [0.05, 0.1) is 24.6 Å². The van der Waals surface area contributed by atoms with E-state index < -0.39 is 0 Å². The Balaban J connectivity index is 2.15. The van der Waals surface area contributed by atoms with Gasteiger partial charge in [0.2, 0.25) is 0 Å². The monoisotopic (exact) mass is 305 g/mol. The van der Waals surface area contributed by atoms with Crippen LogP contribution in [-0.4, -0.2) is 25.0 Å². The van der Waals surface area contributed by atoms with Crippen LogP contribution in [0.5, 0.6) is 5.75 Å². The van der Waals surface area contributed by atoms with E-state index in [2.05, 4.69) is 15.6 Å². The molecule has 5 nitrogen and oxygen atoms in total. The van der Waals surface area contributed by atoms with Crippen LogP contribution >= 0.6 is 11.6 Å². The first-order valence-corrected chi connectivity index (χ1v) is 6.76. The lowest BCUT2D eigenvalue weighted by Crippen LogP contribution is -2.24. The summed E-state index contributed by atoms with van der Waals surface area (Å²) in [5.41, 5.74) is 1.94. The molecule has 21 heavy (non-hydrogen) atoms. The largest absolute Gasteiger partial charge is 0.496 e. The molecule has 0 fully saturated rings. The molecule has 0 aliphatic carbocycles. The summed E-state index contributed by atoms with van der Waals surface area (Å²) in [6, 6.07) is 7.02. The smallest absolute Gasteiger partial charge is 0.253 e. The van der Waals surface area contributed by atoms with Crippen LogP contribution < -0.4 is 15.4 Å². The number of hydrogen-bond acceptors (Lipinski definition) is 4. The highest BCUT2D eigenvalue weighted by Crippen LogP contribution is 2.26. The lowest BCUT2D eigenvalue weighted by molar-refractivity contribution is 0.0951. The molecule has 0 spiro atoms. The number of hydrogen-bond donors (Lipinski definition) is 2. The van der Waals surface area contributed by atoms with Crippen molar-refractivity contribution in [3.63, 3.8) is 0 Å². The Labute approximate surface area is 128 Å². The summed E-state index contributed by atoms with van der Waals surface area (Å²) in [6.07, 6.45) is 3.18. The van der Waals surface area contributed by atoms with Crippen LogP contribution in [0.1, 0.15) is 15.9 Å². The number of carbonyl (C=O) groups is 1. The van der Waals surface area contributed by atoms with Gasteiger partial charge in [-0.3, -0.25) is 9.78 Å². The second kappa shape index (κ2) is 6.95. The van der Waals surface area contributed by atoms with E-state index >= 15 is 0 Å². The minimum absolute atomic E-state index is 0.205. The van der Waals surface area contributed by atoms with Gasteiger partial charge in [-0.2, -0.15) is 0 Å². The number of halogens is 1. The number of anilines is 1. The molecular formula is C15H16ClN3O2. The number of rotatable bonds is 5. The maximum absolute atomic E-state index is 12.2. The van der Waals surface area contributed by atoms with Crippen molar-refractivity contribution in [3.8, 4) is 5.75 Å². The van der Waals surface area contributed by atoms with Crippen molar-refractivity contribution in [1.29, 1.82) is 0 Å². The Hall–Kier alpha value is -2.27. The van der Waals surface area contributed by atoms with Gasteiger partial charge < -0.3 is 15.4 Å². The molecule has 1 amide bonds. The predicted octanol–water partition coefficient (Wildman–Crippen LogP) is 2.72. The van der Waals surface area contributed by atoms with Crippen LogP contribution in [0.2, 0.25) is 5.02 Å². The SMILES string of the molecule is CNc1cnccc1C(=O)NCc1c(Cl)cccc1OC. The van der Waals surface area contributed by atoms with Crippen molar-refractivity contribution >= 4 is 23.2 Å². The van der Waals surface area contributed by atoms with E-state index in [1.165, 1.54) is 0 Å². The summed E-state index contributed by atoms with van der Waals surface area (Å²) in [5, 5.41) is 6.32. The molecule has 110 valence electrons. The number of nitrogens with zero attached hydrogens (tertiary/aromatic N) is 1. The van der Waals surface area contributed by atoms with E-state index in [0.717, 1.165) is 5.56 Å². The number of benzene rings is 1. The third-order valence-corrected chi connectivity index (χ3v) is 3.41. The quantitative estimate of drug-likeness (QED) is 0.891. The molecule has 0 bridgehead atoms. The number of pyridine rings is 1. The summed E-state index contributed by atoms with van der Waals surface area (Å²) in [7, 11) is 3.31. The highest BCUT2D eigenvalue weighted by atomic mass is 35.5. The number of methoxy groups -OCH3 is 1. The fourth-order valence-electron chi connectivity index (χ4n) is 1.96. The van der Waals surface area contributed by atoms with Crippen LogP contribution in [0, 0.1) is 0 Å². The van der Waals surface area contributed by atoms with Crippen LogP contribution in [0.25, 0.3) is 0 Å². The minimum atomic E-state index is -0.205. The van der Waals surface area contributed by atoms with Gasteiger partial charge in [-0.25, -0.2) is 0 Å². The standard InChI is InChI=1S/C15H16ClN3O2/c1-17-13-9-18-7-6-10(13)15(20)19-8-11-12(16)4-3-5-14(11)21-2/h3-7,9,17H,8H2,1-2H3,(H,19,20). The zero-order valence-corrected chi connectivity index (χ0v) is 12.6. The Kier molecular flexibility index (Phi) is 5.00. The number of ether oxygens (including phenoxy) is 1. The lowest BCUT2D eigenvalue weighted by atomic mass is 10.1. The van der Waals surface area contributed by atoms with Crippen LogP contribution in [0.3, 0.4) is 0 Å². The summed E-state index contributed by atoms with van der Waals surface area (Å²) in [4.78, 5) is 16.2. The van der Waals surface area contributed by atoms with Crippen molar-refractivity contribution in [2.24, 2.45) is 0 Å². The normalized spacial score (nSPS) is 10.0. The molecule has 2 rings (SSSR count). The van der Waals surface area contributed by atoms with Crippen molar-refractivity contribution in [2.75, 3.05) is 19.5 Å². The zero-order valence-electron chi connectivity index (χ0n) is 11.8. The first kappa shape index (κ1) is 15.1. The van der Waals surface area contributed by atoms with Crippen LogP contribution in [0.15, 0.2) is 36.7 Å². The number of amides is 1. The fraction of sp³-hybridized carbons (Fsp3) is 0.200. The molecule has 0 atom stereocenters. The first-order chi connectivity index (χ1) is 10.2. The molecule has 0 unspecified atom stereocenters. The second-order valence-corrected chi connectivity index (χ2v) is 4.68. The molecule has 0 aliphatic heterocycles. The van der Waals surface area contributed by atoms with Gasteiger partial charge in [-0.05, 0) is 18.2 Å². The maximum Gasteiger partial charge on any atom is 0.253 e. The van der Waals surface area contributed by atoms with Gasteiger partial charge in [0, 0.05) is 30.4 Å². The Morgan fingerprint density at radius 3 is 2.90 bits per heavy atom. The average molecular weight is 306 g/mol. The molecule has 2 aromatic rings. The fourth-order valence-corrected chi connectivity index (χ4v) is 2.19. The summed E-state index contributed by atoms with van der Waals surface area (Å²) < 4.78 is 5.25. The maximum atomic E-state index is 12.2. The summed E-state index contributed by atoms with van der Waals surface area (Å²) in [5.74, 6) is 0.440. The van der Waals surface area contributed by atoms with Gasteiger partial charge in [-0.15, -0.1) is 0 Å². The topological polar surface area (TPSA) is 63.2 Å². The van der Waals surface area contributed by atoms with Crippen LogP contribution in [0.4, 0.5) is 5.69 Å². The molecular weight excluding hydrogens is 290 g/mol. The molecule has 0 radical (unpaired) electrons. The molecule has 2 N–H and O–H groups in total. The van der Waals surface area contributed by atoms with Gasteiger partial charge in [0.1, 0.15) is 5.75 Å². The molecule has 1 heterocycles. The summed E-state index contributed by atoms with van der Waals surface area (Å²) in [6.45, 7) is 0.285. The lowest BCUT2D eigenvalue weighted by Gasteiger charge is -2.12. The Bertz CT molecular complexity index is 647. The van der Waals surface area contributed by atoms with Crippen molar-refractivity contribution in [1.82, 2.24) is 10.3 Å². The molecule has 0 saturated heterocycles. The van der Waals surface area contributed by atoms with Crippen LogP contribution in [-0.2, 0) is 6.54 Å². The number of aromatic nitrogens is 1. The van der Waals surface area contributed by atoms with Gasteiger partial charge in [0.15, 0.2) is 0 Å². The first-order valence-electron chi connectivity index (χ1n) is 6.38. The van der Waals surface area contributed by atoms with Crippen molar-refractivity contribution in [3.05, 3.63) is 52.8 Å². The highest BCUT2D eigenvalue weighted by molar-refractivity contribution is 6.31. The van der Waals surface area contributed by atoms with Crippen molar-refractivity contribution in [2.45, 2.75) is 6.54 Å². The molecule has 1 aromatic heterocycles. The second-order valence-electron chi connectivity index (χ2n) is 4.27.